The Morgan fingerprint density at radius 2 is 1.77 bits per heavy atom. The van der Waals surface area contributed by atoms with E-state index in [-0.39, 0.29) is 17.7 Å². The maximum atomic E-state index is 13.2. The van der Waals surface area contributed by atoms with Gasteiger partial charge in [-0.3, -0.25) is 9.59 Å². The van der Waals surface area contributed by atoms with Gasteiger partial charge in [-0.25, -0.2) is 0 Å². The van der Waals surface area contributed by atoms with Crippen LogP contribution in [-0.2, 0) is 9.59 Å². The van der Waals surface area contributed by atoms with E-state index in [1.54, 1.807) is 4.90 Å². The summed E-state index contributed by atoms with van der Waals surface area (Å²) in [6.07, 6.45) is 0.353. The van der Waals surface area contributed by atoms with E-state index in [9.17, 15) is 9.59 Å². The molecule has 3 rings (SSSR count). The molecule has 2 amide bonds. The van der Waals surface area contributed by atoms with Crippen LogP contribution >= 0.6 is 0 Å². The number of carbonyl (C=O) groups is 2. The summed E-state index contributed by atoms with van der Waals surface area (Å²) in [5.74, 6) is -0.100. The van der Waals surface area contributed by atoms with Crippen LogP contribution in [0.25, 0.3) is 0 Å². The summed E-state index contributed by atoms with van der Waals surface area (Å²) in [5.41, 5.74) is 2.63. The Balaban J connectivity index is 1.93. The first kappa shape index (κ1) is 18.2. The second-order valence-corrected chi connectivity index (χ2v) is 7.38. The second-order valence-electron chi connectivity index (χ2n) is 7.38. The van der Waals surface area contributed by atoms with Crippen LogP contribution in [0, 0.1) is 6.92 Å². The molecule has 0 bridgehead atoms. The minimum atomic E-state index is -0.817. The third-order valence-corrected chi connectivity index (χ3v) is 5.30. The lowest BCUT2D eigenvalue weighted by Gasteiger charge is -2.41. The number of hydrogen-bond acceptors (Lipinski definition) is 2. The highest BCUT2D eigenvalue weighted by molar-refractivity contribution is 5.92. The quantitative estimate of drug-likeness (QED) is 0.920. The summed E-state index contributed by atoms with van der Waals surface area (Å²) in [6.45, 7) is 6.75. The van der Waals surface area contributed by atoms with E-state index in [1.165, 1.54) is 5.56 Å². The van der Waals surface area contributed by atoms with Crippen LogP contribution in [0.15, 0.2) is 54.6 Å². The molecule has 2 aromatic carbocycles. The molecule has 26 heavy (non-hydrogen) atoms. The number of nitrogens with zero attached hydrogens (tertiary/aromatic N) is 1. The maximum Gasteiger partial charge on any atom is 0.245 e. The second kappa shape index (κ2) is 7.32. The molecule has 1 saturated heterocycles. The SMILES string of the molecule is Cc1ccccc1[C@@H](CC(=O)N1CCNC(=O)C1(C)C)c1ccccc1. The van der Waals surface area contributed by atoms with Gasteiger partial charge in [0.05, 0.1) is 0 Å². The van der Waals surface area contributed by atoms with Crippen molar-refractivity contribution in [3.05, 3.63) is 71.3 Å². The first-order valence-corrected chi connectivity index (χ1v) is 9.10. The van der Waals surface area contributed by atoms with Crippen molar-refractivity contribution in [3.63, 3.8) is 0 Å². The van der Waals surface area contributed by atoms with Crippen molar-refractivity contribution in [2.45, 2.75) is 38.6 Å². The molecular formula is C22H26N2O2. The van der Waals surface area contributed by atoms with Gasteiger partial charge in [0, 0.05) is 25.4 Å². The first-order valence-electron chi connectivity index (χ1n) is 9.10. The van der Waals surface area contributed by atoms with Crippen molar-refractivity contribution < 1.29 is 9.59 Å². The zero-order valence-corrected chi connectivity index (χ0v) is 15.7. The molecule has 1 fully saturated rings. The van der Waals surface area contributed by atoms with Gasteiger partial charge in [-0.15, -0.1) is 0 Å². The van der Waals surface area contributed by atoms with E-state index >= 15 is 0 Å². The van der Waals surface area contributed by atoms with E-state index in [0.29, 0.717) is 19.5 Å². The Morgan fingerprint density at radius 1 is 1.12 bits per heavy atom. The fourth-order valence-electron chi connectivity index (χ4n) is 3.69. The first-order chi connectivity index (χ1) is 12.4. The molecule has 4 nitrogen and oxygen atoms in total. The molecule has 1 N–H and O–H groups in total. The number of amides is 2. The maximum absolute atomic E-state index is 13.2. The number of hydrogen-bond donors (Lipinski definition) is 1. The molecule has 136 valence electrons. The van der Waals surface area contributed by atoms with Gasteiger partial charge in [-0.05, 0) is 37.5 Å². The zero-order chi connectivity index (χ0) is 18.7. The van der Waals surface area contributed by atoms with Gasteiger partial charge in [0.15, 0.2) is 0 Å². The monoisotopic (exact) mass is 350 g/mol. The number of piperazine rings is 1. The minimum Gasteiger partial charge on any atom is -0.352 e. The average molecular weight is 350 g/mol. The highest BCUT2D eigenvalue weighted by atomic mass is 16.2. The topological polar surface area (TPSA) is 49.4 Å². The molecule has 0 unspecified atom stereocenters. The van der Waals surface area contributed by atoms with Crippen LogP contribution in [0.5, 0.6) is 0 Å². The number of carbonyl (C=O) groups excluding carboxylic acids is 2. The predicted octanol–water partition coefficient (Wildman–Crippen LogP) is 3.25. The minimum absolute atomic E-state index is 0.0157. The van der Waals surface area contributed by atoms with Gasteiger partial charge in [0.2, 0.25) is 11.8 Å². The number of benzene rings is 2. The Labute approximate surface area is 155 Å². The van der Waals surface area contributed by atoms with Gasteiger partial charge in [-0.2, -0.15) is 0 Å². The molecule has 1 aliphatic heterocycles. The molecule has 0 aromatic heterocycles. The highest BCUT2D eigenvalue weighted by Crippen LogP contribution is 2.32. The highest BCUT2D eigenvalue weighted by Gasteiger charge is 2.40. The fourth-order valence-corrected chi connectivity index (χ4v) is 3.69. The summed E-state index contributed by atoms with van der Waals surface area (Å²) >= 11 is 0. The van der Waals surface area contributed by atoms with E-state index < -0.39 is 5.54 Å². The summed E-state index contributed by atoms with van der Waals surface area (Å²) in [6, 6.07) is 18.3. The zero-order valence-electron chi connectivity index (χ0n) is 15.7. The Kier molecular flexibility index (Phi) is 5.12. The van der Waals surface area contributed by atoms with Gasteiger partial charge < -0.3 is 10.2 Å². The van der Waals surface area contributed by atoms with Gasteiger partial charge in [0.25, 0.3) is 0 Å². The Hall–Kier alpha value is -2.62. The Bertz CT molecular complexity index is 799. The Morgan fingerprint density at radius 3 is 2.46 bits per heavy atom. The molecule has 0 radical (unpaired) electrons. The lowest BCUT2D eigenvalue weighted by molar-refractivity contribution is -0.149. The van der Waals surface area contributed by atoms with Crippen molar-refractivity contribution in [1.82, 2.24) is 10.2 Å². The van der Waals surface area contributed by atoms with E-state index in [1.807, 2.05) is 44.2 Å². The molecule has 0 spiro atoms. The standard InChI is InChI=1S/C22H26N2O2/c1-16-9-7-8-12-18(16)19(17-10-5-4-6-11-17)15-20(25)24-14-13-23-21(26)22(24,2)3/h4-12,19H,13-15H2,1-3H3,(H,23,26)/t19-/m0/s1. The normalized spacial score (nSPS) is 17.5. The van der Waals surface area contributed by atoms with Crippen LogP contribution in [0.2, 0.25) is 0 Å². The van der Waals surface area contributed by atoms with Crippen molar-refractivity contribution in [2.75, 3.05) is 13.1 Å². The number of nitrogens with one attached hydrogen (secondary N) is 1. The summed E-state index contributed by atoms with van der Waals surface area (Å²) in [4.78, 5) is 27.1. The van der Waals surface area contributed by atoms with Crippen LogP contribution < -0.4 is 5.32 Å². The van der Waals surface area contributed by atoms with E-state index in [0.717, 1.165) is 11.1 Å². The van der Waals surface area contributed by atoms with Crippen molar-refractivity contribution >= 4 is 11.8 Å². The molecule has 1 atom stereocenters. The van der Waals surface area contributed by atoms with Crippen molar-refractivity contribution in [3.8, 4) is 0 Å². The molecule has 2 aromatic rings. The predicted molar refractivity (Wildman–Crippen MR) is 103 cm³/mol. The average Bonchev–Trinajstić information content (AvgIpc) is 2.63. The molecular weight excluding hydrogens is 324 g/mol. The molecule has 1 aliphatic rings. The van der Waals surface area contributed by atoms with Gasteiger partial charge in [-0.1, -0.05) is 54.6 Å². The van der Waals surface area contributed by atoms with Crippen LogP contribution in [0.4, 0.5) is 0 Å². The lowest BCUT2D eigenvalue weighted by Crippen LogP contribution is -2.63. The largest absolute Gasteiger partial charge is 0.352 e. The number of aryl methyl sites for hydroxylation is 1. The summed E-state index contributed by atoms with van der Waals surface area (Å²) < 4.78 is 0. The van der Waals surface area contributed by atoms with E-state index in [4.69, 9.17) is 0 Å². The van der Waals surface area contributed by atoms with Crippen LogP contribution in [0.3, 0.4) is 0 Å². The third-order valence-electron chi connectivity index (χ3n) is 5.30. The van der Waals surface area contributed by atoms with E-state index in [2.05, 4.69) is 36.5 Å². The number of rotatable bonds is 4. The molecule has 0 saturated carbocycles. The fraction of sp³-hybridized carbons (Fsp3) is 0.364. The van der Waals surface area contributed by atoms with Gasteiger partial charge >= 0.3 is 0 Å². The lowest BCUT2D eigenvalue weighted by atomic mass is 9.85. The van der Waals surface area contributed by atoms with Crippen LogP contribution in [0.1, 0.15) is 42.9 Å². The molecule has 0 aliphatic carbocycles. The van der Waals surface area contributed by atoms with Crippen molar-refractivity contribution in [2.24, 2.45) is 0 Å². The third kappa shape index (κ3) is 3.50. The van der Waals surface area contributed by atoms with Gasteiger partial charge in [0.1, 0.15) is 5.54 Å². The van der Waals surface area contributed by atoms with Crippen molar-refractivity contribution in [1.29, 1.82) is 0 Å². The molecule has 4 heteroatoms. The molecule has 1 heterocycles. The smallest absolute Gasteiger partial charge is 0.245 e. The summed E-state index contributed by atoms with van der Waals surface area (Å²) in [5, 5.41) is 2.85. The summed E-state index contributed by atoms with van der Waals surface area (Å²) in [7, 11) is 0. The van der Waals surface area contributed by atoms with Crippen LogP contribution in [-0.4, -0.2) is 35.3 Å².